The molecule has 1 aromatic heterocycles. The highest BCUT2D eigenvalue weighted by atomic mass is 16.5. The number of hydrogen-bond donors (Lipinski definition) is 1. The first-order chi connectivity index (χ1) is 9.17. The third-order valence-corrected chi connectivity index (χ3v) is 3.56. The molecule has 3 rings (SSSR count). The summed E-state index contributed by atoms with van der Waals surface area (Å²) in [6, 6.07) is 5.78. The first-order valence-electron chi connectivity index (χ1n) is 6.34. The lowest BCUT2D eigenvalue weighted by Gasteiger charge is -2.27. The van der Waals surface area contributed by atoms with Crippen molar-refractivity contribution in [1.29, 1.82) is 0 Å². The molecular weight excluding hydrogens is 244 g/mol. The average Bonchev–Trinajstić information content (AvgIpc) is 2.84. The maximum atomic E-state index is 9.29. The van der Waals surface area contributed by atoms with Crippen LogP contribution in [0.2, 0.25) is 0 Å². The predicted octanol–water partition coefficient (Wildman–Crippen LogP) is 2.29. The van der Waals surface area contributed by atoms with Crippen molar-refractivity contribution >= 4 is 0 Å². The molecule has 0 radical (unpaired) electrons. The second-order valence-corrected chi connectivity index (χ2v) is 4.96. The highest BCUT2D eigenvalue weighted by molar-refractivity contribution is 5.58. The summed E-state index contributed by atoms with van der Waals surface area (Å²) in [5.41, 5.74) is 1.94. The van der Waals surface area contributed by atoms with E-state index in [9.17, 15) is 5.11 Å². The van der Waals surface area contributed by atoms with Crippen LogP contribution in [-0.2, 0) is 0 Å². The highest BCUT2D eigenvalue weighted by Gasteiger charge is 2.33. The Bertz CT molecular complexity index is 588. The lowest BCUT2D eigenvalue weighted by Crippen LogP contribution is -2.26. The summed E-state index contributed by atoms with van der Waals surface area (Å²) in [5, 5.41) is 13.3. The Labute approximate surface area is 111 Å². The first kappa shape index (κ1) is 12.2. The van der Waals surface area contributed by atoms with Crippen molar-refractivity contribution in [3.05, 3.63) is 29.7 Å². The summed E-state index contributed by atoms with van der Waals surface area (Å²) < 4.78 is 10.5. The molecule has 2 aromatic rings. The van der Waals surface area contributed by atoms with E-state index in [4.69, 9.17) is 9.26 Å². The molecule has 1 aliphatic rings. The van der Waals surface area contributed by atoms with Gasteiger partial charge in [0, 0.05) is 11.5 Å². The molecule has 100 valence electrons. The first-order valence-corrected chi connectivity index (χ1v) is 6.34. The number of aryl methyl sites for hydroxylation is 1. The van der Waals surface area contributed by atoms with Crippen molar-refractivity contribution in [3.8, 4) is 17.1 Å². The summed E-state index contributed by atoms with van der Waals surface area (Å²) in [6.07, 6.45) is 1.20. The largest absolute Gasteiger partial charge is 0.496 e. The Kier molecular flexibility index (Phi) is 2.98. The van der Waals surface area contributed by atoms with E-state index in [0.29, 0.717) is 24.6 Å². The molecule has 1 aliphatic carbocycles. The molecule has 0 bridgehead atoms. The maximum absolute atomic E-state index is 9.29. The fourth-order valence-electron chi connectivity index (χ4n) is 2.33. The lowest BCUT2D eigenvalue weighted by molar-refractivity contribution is 0.0625. The van der Waals surface area contributed by atoms with Gasteiger partial charge in [-0.15, -0.1) is 0 Å². The summed E-state index contributed by atoms with van der Waals surface area (Å²) in [4.78, 5) is 4.40. The van der Waals surface area contributed by atoms with Crippen LogP contribution in [0.5, 0.6) is 5.75 Å². The van der Waals surface area contributed by atoms with Gasteiger partial charge < -0.3 is 14.4 Å². The van der Waals surface area contributed by atoms with Crippen LogP contribution in [0.15, 0.2) is 22.7 Å². The normalized spacial score (nSPS) is 22.1. The molecule has 0 spiro atoms. The van der Waals surface area contributed by atoms with Gasteiger partial charge in [0.1, 0.15) is 5.75 Å². The second kappa shape index (κ2) is 4.66. The molecule has 1 fully saturated rings. The van der Waals surface area contributed by atoms with Gasteiger partial charge in [0.05, 0.1) is 13.2 Å². The third kappa shape index (κ3) is 2.21. The van der Waals surface area contributed by atoms with Gasteiger partial charge in [-0.1, -0.05) is 5.16 Å². The van der Waals surface area contributed by atoms with Gasteiger partial charge in [0.2, 0.25) is 11.7 Å². The fraction of sp³-hybridized carbons (Fsp3) is 0.429. The van der Waals surface area contributed by atoms with Gasteiger partial charge in [-0.2, -0.15) is 4.98 Å². The predicted molar refractivity (Wildman–Crippen MR) is 69.0 cm³/mol. The molecule has 0 unspecified atom stereocenters. The zero-order valence-corrected chi connectivity index (χ0v) is 11.0. The van der Waals surface area contributed by atoms with Gasteiger partial charge in [0.15, 0.2) is 0 Å². The van der Waals surface area contributed by atoms with E-state index in [0.717, 1.165) is 16.9 Å². The average molecular weight is 260 g/mol. The SMILES string of the molecule is COc1ccc(-c2noc(C3CC(O)C3)n2)cc1C. The standard InChI is InChI=1S/C14H16N2O3/c1-8-5-9(3-4-12(8)18-2)13-15-14(19-16-13)10-6-11(17)7-10/h3-5,10-11,17H,6-7H2,1-2H3. The van der Waals surface area contributed by atoms with Crippen LogP contribution >= 0.6 is 0 Å². The molecule has 19 heavy (non-hydrogen) atoms. The van der Waals surface area contributed by atoms with E-state index in [1.54, 1.807) is 7.11 Å². The van der Waals surface area contributed by atoms with Crippen LogP contribution in [-0.4, -0.2) is 28.5 Å². The van der Waals surface area contributed by atoms with Crippen LogP contribution in [0.1, 0.15) is 30.2 Å². The summed E-state index contributed by atoms with van der Waals surface area (Å²) in [6.45, 7) is 1.98. The van der Waals surface area contributed by atoms with E-state index in [2.05, 4.69) is 10.1 Å². The van der Waals surface area contributed by atoms with Crippen molar-refractivity contribution in [3.63, 3.8) is 0 Å². The molecule has 0 amide bonds. The minimum Gasteiger partial charge on any atom is -0.496 e. The van der Waals surface area contributed by atoms with Crippen molar-refractivity contribution in [2.75, 3.05) is 7.11 Å². The van der Waals surface area contributed by atoms with E-state index < -0.39 is 0 Å². The molecule has 5 nitrogen and oxygen atoms in total. The number of ether oxygens (including phenoxy) is 1. The number of aliphatic hydroxyl groups is 1. The van der Waals surface area contributed by atoms with Crippen LogP contribution in [0.25, 0.3) is 11.4 Å². The smallest absolute Gasteiger partial charge is 0.230 e. The lowest BCUT2D eigenvalue weighted by atomic mass is 9.82. The Hall–Kier alpha value is -1.88. The molecule has 1 aromatic carbocycles. The monoisotopic (exact) mass is 260 g/mol. The van der Waals surface area contributed by atoms with Crippen molar-refractivity contribution < 1.29 is 14.4 Å². The molecule has 0 saturated heterocycles. The number of aliphatic hydroxyl groups excluding tert-OH is 1. The van der Waals surface area contributed by atoms with Gasteiger partial charge >= 0.3 is 0 Å². The van der Waals surface area contributed by atoms with Gasteiger partial charge in [-0.3, -0.25) is 0 Å². The Morgan fingerprint density at radius 3 is 2.79 bits per heavy atom. The minimum absolute atomic E-state index is 0.204. The van der Waals surface area contributed by atoms with Gasteiger partial charge in [-0.25, -0.2) is 0 Å². The molecule has 0 atom stereocenters. The molecule has 1 N–H and O–H groups in total. The number of benzene rings is 1. The number of hydrogen-bond acceptors (Lipinski definition) is 5. The van der Waals surface area contributed by atoms with Crippen LogP contribution in [0.3, 0.4) is 0 Å². The van der Waals surface area contributed by atoms with Crippen molar-refractivity contribution in [2.24, 2.45) is 0 Å². The van der Waals surface area contributed by atoms with Gasteiger partial charge in [-0.05, 0) is 43.5 Å². The molecule has 0 aliphatic heterocycles. The summed E-state index contributed by atoms with van der Waals surface area (Å²) >= 11 is 0. The van der Waals surface area contributed by atoms with Crippen LogP contribution < -0.4 is 4.74 Å². The number of rotatable bonds is 3. The number of nitrogens with zero attached hydrogens (tertiary/aromatic N) is 2. The fourth-order valence-corrected chi connectivity index (χ4v) is 2.33. The van der Waals surface area contributed by atoms with Crippen LogP contribution in [0, 0.1) is 6.92 Å². The zero-order valence-electron chi connectivity index (χ0n) is 11.0. The Morgan fingerprint density at radius 2 is 2.16 bits per heavy atom. The number of aromatic nitrogens is 2. The number of methoxy groups -OCH3 is 1. The minimum atomic E-state index is -0.219. The third-order valence-electron chi connectivity index (χ3n) is 3.56. The summed E-state index contributed by atoms with van der Waals surface area (Å²) in [7, 11) is 1.65. The zero-order chi connectivity index (χ0) is 13.4. The molecule has 1 saturated carbocycles. The molecule has 1 heterocycles. The van der Waals surface area contributed by atoms with Crippen molar-refractivity contribution in [1.82, 2.24) is 10.1 Å². The topological polar surface area (TPSA) is 68.4 Å². The quantitative estimate of drug-likeness (QED) is 0.917. The Morgan fingerprint density at radius 1 is 1.37 bits per heavy atom. The van der Waals surface area contributed by atoms with Crippen LogP contribution in [0.4, 0.5) is 0 Å². The maximum Gasteiger partial charge on any atom is 0.230 e. The summed E-state index contributed by atoms with van der Waals surface area (Å²) in [5.74, 6) is 2.25. The molecular formula is C14H16N2O3. The Balaban J connectivity index is 1.84. The van der Waals surface area contributed by atoms with E-state index in [1.165, 1.54) is 0 Å². The van der Waals surface area contributed by atoms with E-state index in [1.807, 2.05) is 25.1 Å². The van der Waals surface area contributed by atoms with Crippen molar-refractivity contribution in [2.45, 2.75) is 31.8 Å². The second-order valence-electron chi connectivity index (χ2n) is 4.96. The highest BCUT2D eigenvalue weighted by Crippen LogP contribution is 2.36. The van der Waals surface area contributed by atoms with E-state index >= 15 is 0 Å². The van der Waals surface area contributed by atoms with Gasteiger partial charge in [0.25, 0.3) is 0 Å². The molecule has 5 heteroatoms. The van der Waals surface area contributed by atoms with E-state index in [-0.39, 0.29) is 12.0 Å².